The van der Waals surface area contributed by atoms with E-state index in [9.17, 15) is 5.21 Å². The summed E-state index contributed by atoms with van der Waals surface area (Å²) in [6.45, 7) is 2.61. The van der Waals surface area contributed by atoms with E-state index in [1.165, 1.54) is 5.06 Å². The molecule has 1 aromatic heterocycles. The van der Waals surface area contributed by atoms with E-state index in [2.05, 4.69) is 15.0 Å². The number of hydroxylamine groups is 2. The van der Waals surface area contributed by atoms with Crippen LogP contribution in [0, 0.1) is 0 Å². The average molecular weight is 253 g/mol. The molecular weight excluding hydrogens is 234 g/mol. The van der Waals surface area contributed by atoms with Crippen molar-refractivity contribution >= 4 is 17.8 Å². The van der Waals surface area contributed by atoms with Crippen LogP contribution >= 0.6 is 0 Å². The summed E-state index contributed by atoms with van der Waals surface area (Å²) >= 11 is 0. The lowest BCUT2D eigenvalue weighted by Crippen LogP contribution is -2.47. The molecule has 8 nitrogen and oxygen atoms in total. The molecule has 8 heteroatoms. The third-order valence-corrected chi connectivity index (χ3v) is 3.33. The predicted octanol–water partition coefficient (Wildman–Crippen LogP) is -0.286. The van der Waals surface area contributed by atoms with Gasteiger partial charge in [0.2, 0.25) is 17.8 Å². The second kappa shape index (κ2) is 4.91. The van der Waals surface area contributed by atoms with Crippen LogP contribution in [0.25, 0.3) is 0 Å². The van der Waals surface area contributed by atoms with Crippen molar-refractivity contribution < 1.29 is 5.21 Å². The normalized spacial score (nSPS) is 25.1. The number of anilines is 3. The van der Waals surface area contributed by atoms with Crippen LogP contribution in [0.2, 0.25) is 0 Å². The summed E-state index contributed by atoms with van der Waals surface area (Å²) < 4.78 is 0. The minimum Gasteiger partial charge on any atom is -0.368 e. The molecule has 1 aliphatic rings. The maximum Gasteiger partial charge on any atom is 0.231 e. The zero-order valence-corrected chi connectivity index (χ0v) is 10.6. The number of hydrogen-bond acceptors (Lipinski definition) is 8. The fourth-order valence-electron chi connectivity index (χ4n) is 2.21. The van der Waals surface area contributed by atoms with Crippen molar-refractivity contribution in [1.82, 2.24) is 20.0 Å². The Kier molecular flexibility index (Phi) is 3.48. The smallest absolute Gasteiger partial charge is 0.231 e. The highest BCUT2D eigenvalue weighted by molar-refractivity contribution is 5.40. The monoisotopic (exact) mass is 253 g/mol. The third-order valence-electron chi connectivity index (χ3n) is 3.33. The fraction of sp³-hybridized carbons (Fsp3) is 0.700. The van der Waals surface area contributed by atoms with Crippen molar-refractivity contribution in [2.75, 3.05) is 30.0 Å². The van der Waals surface area contributed by atoms with Crippen molar-refractivity contribution in [1.29, 1.82) is 0 Å². The van der Waals surface area contributed by atoms with Gasteiger partial charge in [-0.2, -0.15) is 20.0 Å². The Hall–Kier alpha value is -1.67. The molecule has 2 atom stereocenters. The van der Waals surface area contributed by atoms with Crippen LogP contribution in [0.3, 0.4) is 0 Å². The molecule has 1 fully saturated rings. The largest absolute Gasteiger partial charge is 0.368 e. The van der Waals surface area contributed by atoms with Gasteiger partial charge in [0.1, 0.15) is 0 Å². The highest BCUT2D eigenvalue weighted by Crippen LogP contribution is 2.22. The Bertz CT molecular complexity index is 406. The van der Waals surface area contributed by atoms with Crippen molar-refractivity contribution in [3.05, 3.63) is 0 Å². The van der Waals surface area contributed by atoms with Crippen LogP contribution in [0.5, 0.6) is 0 Å². The fourth-order valence-corrected chi connectivity index (χ4v) is 2.21. The van der Waals surface area contributed by atoms with Crippen LogP contribution in [-0.2, 0) is 0 Å². The van der Waals surface area contributed by atoms with E-state index in [1.54, 1.807) is 0 Å². The highest BCUT2D eigenvalue weighted by Gasteiger charge is 2.28. The predicted molar refractivity (Wildman–Crippen MR) is 68.0 cm³/mol. The SMILES string of the molecule is CC1CC(N(C)c2nc(N)nc(N)n2)CCN1O. The lowest BCUT2D eigenvalue weighted by atomic mass is 9.99. The third kappa shape index (κ3) is 2.59. The molecule has 0 amide bonds. The van der Waals surface area contributed by atoms with E-state index >= 15 is 0 Å². The Balaban J connectivity index is 2.13. The van der Waals surface area contributed by atoms with Gasteiger partial charge in [-0.3, -0.25) is 0 Å². The van der Waals surface area contributed by atoms with Crippen LogP contribution < -0.4 is 16.4 Å². The van der Waals surface area contributed by atoms with E-state index in [-0.39, 0.29) is 24.0 Å². The van der Waals surface area contributed by atoms with Crippen LogP contribution in [0.4, 0.5) is 17.8 Å². The molecule has 0 aromatic carbocycles. The van der Waals surface area contributed by atoms with E-state index in [0.717, 1.165) is 12.8 Å². The van der Waals surface area contributed by atoms with Crippen molar-refractivity contribution in [2.45, 2.75) is 31.8 Å². The summed E-state index contributed by atoms with van der Waals surface area (Å²) in [5.41, 5.74) is 11.1. The second-order valence-corrected chi connectivity index (χ2v) is 4.65. The van der Waals surface area contributed by atoms with Crippen molar-refractivity contribution in [3.8, 4) is 0 Å². The zero-order valence-electron chi connectivity index (χ0n) is 10.6. The Morgan fingerprint density at radius 3 is 2.44 bits per heavy atom. The summed E-state index contributed by atoms with van der Waals surface area (Å²) in [7, 11) is 1.90. The topological polar surface area (TPSA) is 117 Å². The number of aromatic nitrogens is 3. The van der Waals surface area contributed by atoms with Gasteiger partial charge in [0.05, 0.1) is 0 Å². The average Bonchev–Trinajstić information content (AvgIpc) is 2.30. The summed E-state index contributed by atoms with van der Waals surface area (Å²) in [6.07, 6.45) is 1.67. The number of rotatable bonds is 2. The molecule has 0 aliphatic carbocycles. The Morgan fingerprint density at radius 1 is 1.28 bits per heavy atom. The van der Waals surface area contributed by atoms with Gasteiger partial charge in [0.15, 0.2) is 0 Å². The maximum absolute atomic E-state index is 9.57. The van der Waals surface area contributed by atoms with E-state index in [4.69, 9.17) is 11.5 Å². The van der Waals surface area contributed by atoms with Gasteiger partial charge in [-0.1, -0.05) is 0 Å². The first-order valence-corrected chi connectivity index (χ1v) is 5.92. The van der Waals surface area contributed by atoms with Gasteiger partial charge in [-0.25, -0.2) is 0 Å². The summed E-state index contributed by atoms with van der Waals surface area (Å²) in [5.74, 6) is 0.720. The Morgan fingerprint density at radius 2 is 1.89 bits per heavy atom. The van der Waals surface area contributed by atoms with Crippen LogP contribution in [-0.4, -0.2) is 50.9 Å². The van der Waals surface area contributed by atoms with Crippen LogP contribution in [0.1, 0.15) is 19.8 Å². The second-order valence-electron chi connectivity index (χ2n) is 4.65. The van der Waals surface area contributed by atoms with Gasteiger partial charge in [0, 0.05) is 25.7 Å². The summed E-state index contributed by atoms with van der Waals surface area (Å²) in [6, 6.07) is 0.368. The molecule has 1 aliphatic heterocycles. The van der Waals surface area contributed by atoms with Gasteiger partial charge >= 0.3 is 0 Å². The number of piperidine rings is 1. The number of nitrogen functional groups attached to an aromatic ring is 2. The number of nitrogens with two attached hydrogens (primary N) is 2. The zero-order chi connectivity index (χ0) is 13.3. The van der Waals surface area contributed by atoms with Gasteiger partial charge in [-0.05, 0) is 19.8 Å². The molecule has 1 saturated heterocycles. The lowest BCUT2D eigenvalue weighted by Gasteiger charge is -2.37. The first kappa shape index (κ1) is 12.8. The van der Waals surface area contributed by atoms with E-state index in [1.807, 2.05) is 18.9 Å². The molecule has 2 unspecified atom stereocenters. The minimum absolute atomic E-state index is 0.114. The van der Waals surface area contributed by atoms with Crippen molar-refractivity contribution in [3.63, 3.8) is 0 Å². The van der Waals surface area contributed by atoms with E-state index in [0.29, 0.717) is 12.5 Å². The summed E-state index contributed by atoms with van der Waals surface area (Å²) in [5, 5.41) is 10.9. The number of nitrogens with zero attached hydrogens (tertiary/aromatic N) is 5. The molecule has 5 N–H and O–H groups in total. The standard InChI is InChI=1S/C10H19N7O/c1-6-5-7(3-4-17(6)18)16(2)10-14-8(11)13-9(12)15-10/h6-7,18H,3-5H2,1-2H3,(H4,11,12,13,14,15). The lowest BCUT2D eigenvalue weighted by molar-refractivity contribution is -0.139. The molecule has 2 rings (SSSR count). The first-order chi connectivity index (χ1) is 8.47. The molecule has 18 heavy (non-hydrogen) atoms. The molecule has 100 valence electrons. The van der Waals surface area contributed by atoms with Gasteiger partial charge in [-0.15, -0.1) is 0 Å². The summed E-state index contributed by atoms with van der Waals surface area (Å²) in [4.78, 5) is 13.8. The molecule has 0 saturated carbocycles. The van der Waals surface area contributed by atoms with Gasteiger partial charge < -0.3 is 21.6 Å². The first-order valence-electron chi connectivity index (χ1n) is 5.92. The highest BCUT2D eigenvalue weighted by atomic mass is 16.5. The molecule has 1 aromatic rings. The molecular formula is C10H19N7O. The molecule has 0 bridgehead atoms. The minimum atomic E-state index is 0.114. The molecule has 0 spiro atoms. The van der Waals surface area contributed by atoms with Gasteiger partial charge in [0.25, 0.3) is 0 Å². The Labute approximate surface area is 106 Å². The molecule has 0 radical (unpaired) electrons. The molecule has 2 heterocycles. The maximum atomic E-state index is 9.57. The van der Waals surface area contributed by atoms with Crippen molar-refractivity contribution in [2.24, 2.45) is 0 Å². The quantitative estimate of drug-likeness (QED) is 0.658. The number of hydrogen-bond donors (Lipinski definition) is 3. The van der Waals surface area contributed by atoms with Crippen LogP contribution in [0.15, 0.2) is 0 Å². The van der Waals surface area contributed by atoms with E-state index < -0.39 is 0 Å².